The number of rotatable bonds is 17. The van der Waals surface area contributed by atoms with Crippen LogP contribution < -0.4 is 15.4 Å². The summed E-state index contributed by atoms with van der Waals surface area (Å²) in [6.07, 6.45) is 6.74. The number of aromatic nitrogens is 2. The van der Waals surface area contributed by atoms with Gasteiger partial charge in [0, 0.05) is 44.2 Å². The van der Waals surface area contributed by atoms with Crippen molar-refractivity contribution in [3.8, 4) is 5.88 Å². The third-order valence-corrected chi connectivity index (χ3v) is 8.45. The van der Waals surface area contributed by atoms with Crippen molar-refractivity contribution < 1.29 is 28.6 Å². The van der Waals surface area contributed by atoms with E-state index in [1.165, 1.54) is 26.0 Å². The number of ether oxygens (including phenoxy) is 2. The van der Waals surface area contributed by atoms with Crippen molar-refractivity contribution in [1.82, 2.24) is 20.2 Å². The van der Waals surface area contributed by atoms with Crippen molar-refractivity contribution >= 4 is 29.3 Å². The summed E-state index contributed by atoms with van der Waals surface area (Å²) in [6.45, 7) is 1.60. The highest BCUT2D eigenvalue weighted by atomic mass is 35.5. The topological polar surface area (TPSA) is 126 Å². The average molecular weight is 606 g/mol. The first-order valence-corrected chi connectivity index (χ1v) is 15.0. The Kier molecular flexibility index (Phi) is 11.3. The molecule has 1 aliphatic carbocycles. The molecule has 2 aromatic heterocycles. The van der Waals surface area contributed by atoms with E-state index in [1.807, 2.05) is 4.90 Å². The first kappa shape index (κ1) is 31.9. The zero-order chi connectivity index (χ0) is 30.1. The van der Waals surface area contributed by atoms with Crippen molar-refractivity contribution in [3.63, 3.8) is 0 Å². The number of halogens is 2. The Morgan fingerprint density at radius 1 is 1.24 bits per heavy atom. The van der Waals surface area contributed by atoms with Crippen molar-refractivity contribution in [3.05, 3.63) is 46.2 Å². The molecule has 2 aliphatic rings. The fourth-order valence-corrected chi connectivity index (χ4v) is 5.83. The van der Waals surface area contributed by atoms with Gasteiger partial charge in [-0.3, -0.25) is 4.79 Å². The number of alkyl halides is 1. The van der Waals surface area contributed by atoms with Crippen molar-refractivity contribution in [2.45, 2.75) is 68.9 Å². The zero-order valence-electron chi connectivity index (χ0n) is 24.3. The number of hydrogen-bond donors (Lipinski definition) is 3. The molecule has 0 saturated heterocycles. The van der Waals surface area contributed by atoms with E-state index >= 15 is 0 Å². The highest BCUT2D eigenvalue weighted by Gasteiger charge is 2.55. The molecule has 3 heterocycles. The van der Waals surface area contributed by atoms with Crippen LogP contribution in [0.4, 0.5) is 10.2 Å². The fraction of sp³-hybridized carbons (Fsp3) is 0.600. The Morgan fingerprint density at radius 3 is 2.74 bits per heavy atom. The van der Waals surface area contributed by atoms with Crippen LogP contribution in [-0.2, 0) is 32.6 Å². The molecule has 1 amide bonds. The van der Waals surface area contributed by atoms with Crippen LogP contribution in [0.25, 0.3) is 0 Å². The molecule has 10 nitrogen and oxygen atoms in total. The third-order valence-electron chi connectivity index (χ3n) is 8.14. The van der Waals surface area contributed by atoms with E-state index in [0.717, 1.165) is 50.2 Å². The Balaban J connectivity index is 1.34. The van der Waals surface area contributed by atoms with E-state index in [0.29, 0.717) is 43.1 Å². The first-order chi connectivity index (χ1) is 20.3. The highest BCUT2D eigenvalue weighted by molar-refractivity contribution is 6.32. The van der Waals surface area contributed by atoms with Gasteiger partial charge in [-0.1, -0.05) is 17.7 Å². The van der Waals surface area contributed by atoms with Crippen LogP contribution in [0.15, 0.2) is 24.4 Å². The quantitative estimate of drug-likeness (QED) is 0.231. The van der Waals surface area contributed by atoms with Gasteiger partial charge in [0.2, 0.25) is 11.8 Å². The maximum atomic E-state index is 13.5. The van der Waals surface area contributed by atoms with Gasteiger partial charge in [-0.25, -0.2) is 19.2 Å². The number of aliphatic carboxylic acids is 1. The number of carbonyl (C=O) groups is 2. The van der Waals surface area contributed by atoms with Crippen LogP contribution in [0, 0.1) is 0 Å². The molecule has 42 heavy (non-hydrogen) atoms. The maximum Gasteiger partial charge on any atom is 0.326 e. The second-order valence-corrected chi connectivity index (χ2v) is 11.4. The lowest BCUT2D eigenvalue weighted by atomic mass is 9.95. The van der Waals surface area contributed by atoms with Gasteiger partial charge in [0.05, 0.1) is 23.7 Å². The monoisotopic (exact) mass is 605 g/mol. The molecule has 230 valence electrons. The summed E-state index contributed by atoms with van der Waals surface area (Å²) in [5, 5.41) is 16.4. The largest absolute Gasteiger partial charge is 0.481 e. The van der Waals surface area contributed by atoms with E-state index in [1.54, 1.807) is 6.07 Å². The predicted molar refractivity (Wildman–Crippen MR) is 158 cm³/mol. The van der Waals surface area contributed by atoms with Crippen LogP contribution in [0.2, 0.25) is 5.02 Å². The van der Waals surface area contributed by atoms with E-state index in [4.69, 9.17) is 26.1 Å². The molecular weight excluding hydrogens is 565 g/mol. The number of amides is 1. The lowest BCUT2D eigenvalue weighted by molar-refractivity contribution is -0.142. The minimum absolute atomic E-state index is 0.149. The second-order valence-electron chi connectivity index (χ2n) is 11.0. The number of carboxylic acids is 1. The highest BCUT2D eigenvalue weighted by Crippen LogP contribution is 2.53. The van der Waals surface area contributed by atoms with E-state index in [-0.39, 0.29) is 12.3 Å². The zero-order valence-corrected chi connectivity index (χ0v) is 25.1. The molecule has 2 unspecified atom stereocenters. The van der Waals surface area contributed by atoms with Gasteiger partial charge in [0.25, 0.3) is 0 Å². The van der Waals surface area contributed by atoms with Gasteiger partial charge < -0.3 is 30.1 Å². The molecule has 0 bridgehead atoms. The molecule has 0 aromatic carbocycles. The van der Waals surface area contributed by atoms with Crippen LogP contribution in [0.1, 0.15) is 55.3 Å². The number of fused-ring (bicyclic) bond motifs is 1. The number of anilines is 1. The van der Waals surface area contributed by atoms with Crippen molar-refractivity contribution in [2.24, 2.45) is 0 Å². The molecule has 4 rings (SSSR count). The summed E-state index contributed by atoms with van der Waals surface area (Å²) in [5.41, 5.74) is 1.79. The minimum atomic E-state index is -1.13. The smallest absolute Gasteiger partial charge is 0.326 e. The number of hydrogen-bond acceptors (Lipinski definition) is 8. The summed E-state index contributed by atoms with van der Waals surface area (Å²) in [7, 11) is 2.92. The summed E-state index contributed by atoms with van der Waals surface area (Å²) < 4.78 is 24.1. The number of carboxylic acid groups (broad SMARTS) is 1. The Hall–Kier alpha value is -3.02. The van der Waals surface area contributed by atoms with Crippen LogP contribution in [0.5, 0.6) is 5.88 Å². The molecule has 1 fully saturated rings. The van der Waals surface area contributed by atoms with Gasteiger partial charge in [-0.15, -0.1) is 0 Å². The molecule has 0 spiro atoms. The third kappa shape index (κ3) is 7.87. The van der Waals surface area contributed by atoms with Crippen molar-refractivity contribution in [1.29, 1.82) is 0 Å². The Labute approximate surface area is 251 Å². The molecule has 2 aromatic rings. The standard InChI is InChI=1S/C30H41ClFN5O5/c1-41-22(18-32)19-37(16-4-3-7-21-9-8-20-6-5-14-33-26(20)35-21)17-11-24(28(38)39)36-29(40)30(12-13-30)25-23(31)10-15-34-27(25)42-2/h8-10,15,22,24H,3-7,11-14,16-19H2,1-2H3,(H,33,35)(H,36,40)(H,38,39). The van der Waals surface area contributed by atoms with Gasteiger partial charge in [-0.05, 0) is 75.6 Å². The number of methoxy groups -OCH3 is 2. The number of pyridine rings is 2. The number of nitrogens with one attached hydrogen (secondary N) is 2. The summed E-state index contributed by atoms with van der Waals surface area (Å²) >= 11 is 6.41. The van der Waals surface area contributed by atoms with E-state index in [2.05, 4.69) is 27.8 Å². The Bertz CT molecular complexity index is 1230. The lowest BCUT2D eigenvalue weighted by Gasteiger charge is -2.28. The van der Waals surface area contributed by atoms with E-state index in [9.17, 15) is 19.1 Å². The molecule has 1 aliphatic heterocycles. The number of aryl methyl sites for hydroxylation is 2. The first-order valence-electron chi connectivity index (χ1n) is 14.6. The molecule has 2 atom stereocenters. The lowest BCUT2D eigenvalue weighted by Crippen LogP contribution is -2.47. The molecular formula is C30H41ClFN5O5. The van der Waals surface area contributed by atoms with Crippen LogP contribution in [0.3, 0.4) is 0 Å². The average Bonchev–Trinajstić information content (AvgIpc) is 3.80. The van der Waals surface area contributed by atoms with Crippen LogP contribution >= 0.6 is 11.6 Å². The molecule has 1 saturated carbocycles. The molecule has 3 N–H and O–H groups in total. The van der Waals surface area contributed by atoms with Gasteiger partial charge in [0.15, 0.2) is 0 Å². The molecule has 12 heteroatoms. The second kappa shape index (κ2) is 14.9. The van der Waals surface area contributed by atoms with Gasteiger partial charge >= 0.3 is 5.97 Å². The number of unbranched alkanes of at least 4 members (excludes halogenated alkanes) is 1. The maximum absolute atomic E-state index is 13.5. The summed E-state index contributed by atoms with van der Waals surface area (Å²) in [5.74, 6) is -0.318. The number of carbonyl (C=O) groups excluding carboxylic acids is 1. The predicted octanol–water partition coefficient (Wildman–Crippen LogP) is 3.80. The van der Waals surface area contributed by atoms with Crippen LogP contribution in [-0.4, -0.2) is 91.1 Å². The fourth-order valence-electron chi connectivity index (χ4n) is 5.51. The van der Waals surface area contributed by atoms with Gasteiger partial charge in [0.1, 0.15) is 18.5 Å². The normalized spacial score (nSPS) is 16.7. The number of nitrogens with zero attached hydrogens (tertiary/aromatic N) is 3. The summed E-state index contributed by atoms with van der Waals surface area (Å²) in [4.78, 5) is 36.5. The van der Waals surface area contributed by atoms with Gasteiger partial charge in [-0.2, -0.15) is 0 Å². The van der Waals surface area contributed by atoms with E-state index < -0.39 is 36.1 Å². The summed E-state index contributed by atoms with van der Waals surface area (Å²) in [6, 6.07) is 4.69. The minimum Gasteiger partial charge on any atom is -0.481 e. The Morgan fingerprint density at radius 2 is 2.05 bits per heavy atom. The SMILES string of the molecule is COc1nccc(Cl)c1C1(C(=O)NC(CCN(CCCCc2ccc3c(n2)NCCC3)CC(CF)OC)C(=O)O)CC1. The molecule has 0 radical (unpaired) electrons. The van der Waals surface area contributed by atoms with Crippen molar-refractivity contribution in [2.75, 3.05) is 52.4 Å².